The quantitative estimate of drug-likeness (QED) is 0.693. The normalized spacial score (nSPS) is 14.1. The van der Waals surface area contributed by atoms with Crippen molar-refractivity contribution in [1.82, 2.24) is 19.6 Å². The Hall–Kier alpha value is -3.41. The van der Waals surface area contributed by atoms with Crippen LogP contribution in [0.4, 0.5) is 0 Å². The molecule has 0 N–H and O–H groups in total. The van der Waals surface area contributed by atoms with Crippen LogP contribution in [0, 0.1) is 6.92 Å². The summed E-state index contributed by atoms with van der Waals surface area (Å²) in [5.74, 6) is 0.0156. The van der Waals surface area contributed by atoms with Crippen LogP contribution in [0.1, 0.15) is 23.0 Å². The lowest BCUT2D eigenvalue weighted by atomic mass is 10.0. The number of rotatable bonds is 3. The summed E-state index contributed by atoms with van der Waals surface area (Å²) >= 11 is 0. The number of piperazine rings is 1. The molecule has 1 fully saturated rings. The summed E-state index contributed by atoms with van der Waals surface area (Å²) in [7, 11) is 0. The fraction of sp³-hybridized carbons (Fsp3) is 0.261. The van der Waals surface area contributed by atoms with Crippen molar-refractivity contribution in [1.29, 1.82) is 0 Å². The van der Waals surface area contributed by atoms with E-state index in [1.54, 1.807) is 11.8 Å². The van der Waals surface area contributed by atoms with E-state index >= 15 is 0 Å². The van der Waals surface area contributed by atoms with E-state index in [-0.39, 0.29) is 11.8 Å². The van der Waals surface area contributed by atoms with E-state index in [4.69, 9.17) is 5.10 Å². The van der Waals surface area contributed by atoms with E-state index in [0.29, 0.717) is 37.4 Å². The van der Waals surface area contributed by atoms with E-state index in [9.17, 15) is 9.59 Å². The Bertz CT molecular complexity index is 1020. The molecule has 0 spiro atoms. The first-order valence-electron chi connectivity index (χ1n) is 9.81. The van der Waals surface area contributed by atoms with Crippen molar-refractivity contribution in [3.63, 3.8) is 0 Å². The van der Waals surface area contributed by atoms with Crippen LogP contribution in [0.5, 0.6) is 0 Å². The van der Waals surface area contributed by atoms with E-state index < -0.39 is 0 Å². The molecule has 148 valence electrons. The second kappa shape index (κ2) is 7.91. The van der Waals surface area contributed by atoms with Crippen molar-refractivity contribution < 1.29 is 9.59 Å². The zero-order valence-corrected chi connectivity index (χ0v) is 16.7. The Morgan fingerprint density at radius 2 is 1.38 bits per heavy atom. The maximum atomic E-state index is 13.5. The Morgan fingerprint density at radius 3 is 1.97 bits per heavy atom. The first-order chi connectivity index (χ1) is 14.1. The summed E-state index contributed by atoms with van der Waals surface area (Å²) in [6, 6.07) is 19.6. The molecule has 2 heterocycles. The first-order valence-corrected chi connectivity index (χ1v) is 9.81. The molecule has 1 aromatic heterocycles. The molecule has 1 saturated heterocycles. The highest BCUT2D eigenvalue weighted by Crippen LogP contribution is 2.28. The minimum absolute atomic E-state index is 0.0354. The van der Waals surface area contributed by atoms with Crippen molar-refractivity contribution in [3.8, 4) is 16.9 Å². The van der Waals surface area contributed by atoms with Crippen LogP contribution in [0.3, 0.4) is 0 Å². The lowest BCUT2D eigenvalue weighted by molar-refractivity contribution is -0.130. The summed E-state index contributed by atoms with van der Waals surface area (Å²) < 4.78 is 1.83. The van der Waals surface area contributed by atoms with Gasteiger partial charge in [-0.05, 0) is 19.1 Å². The van der Waals surface area contributed by atoms with Crippen LogP contribution in [-0.2, 0) is 4.79 Å². The molecule has 0 atom stereocenters. The lowest BCUT2D eigenvalue weighted by Gasteiger charge is -2.34. The largest absolute Gasteiger partial charge is 0.339 e. The van der Waals surface area contributed by atoms with Crippen LogP contribution in [0.15, 0.2) is 60.7 Å². The average molecular weight is 388 g/mol. The van der Waals surface area contributed by atoms with Gasteiger partial charge in [0.2, 0.25) is 5.91 Å². The minimum atomic E-state index is -0.0354. The highest BCUT2D eigenvalue weighted by Gasteiger charge is 2.29. The third-order valence-electron chi connectivity index (χ3n) is 5.39. The molecule has 0 radical (unpaired) electrons. The average Bonchev–Trinajstić information content (AvgIpc) is 3.11. The van der Waals surface area contributed by atoms with Crippen LogP contribution in [0.25, 0.3) is 16.9 Å². The van der Waals surface area contributed by atoms with E-state index in [1.165, 1.54) is 0 Å². The second-order valence-corrected chi connectivity index (χ2v) is 7.22. The van der Waals surface area contributed by atoms with Gasteiger partial charge in [0, 0.05) is 38.7 Å². The molecule has 0 aliphatic carbocycles. The Morgan fingerprint density at radius 1 is 0.828 bits per heavy atom. The molecular formula is C23H24N4O2. The van der Waals surface area contributed by atoms with Gasteiger partial charge in [0.1, 0.15) is 5.69 Å². The summed E-state index contributed by atoms with van der Waals surface area (Å²) in [6.07, 6.45) is 0. The number of carbonyl (C=O) groups is 2. The number of nitrogens with zero attached hydrogens (tertiary/aromatic N) is 4. The van der Waals surface area contributed by atoms with Crippen LogP contribution in [0.2, 0.25) is 0 Å². The molecule has 0 saturated carbocycles. The van der Waals surface area contributed by atoms with Crippen molar-refractivity contribution in [2.75, 3.05) is 26.2 Å². The summed E-state index contributed by atoms with van der Waals surface area (Å²) in [6.45, 7) is 5.69. The number of amides is 2. The van der Waals surface area contributed by atoms with Gasteiger partial charge in [-0.1, -0.05) is 48.5 Å². The third kappa shape index (κ3) is 3.66. The monoisotopic (exact) mass is 388 g/mol. The first kappa shape index (κ1) is 18.9. The van der Waals surface area contributed by atoms with Gasteiger partial charge in [-0.2, -0.15) is 5.10 Å². The predicted molar refractivity (Wildman–Crippen MR) is 112 cm³/mol. The van der Waals surface area contributed by atoms with Gasteiger partial charge in [-0.25, -0.2) is 4.68 Å². The fourth-order valence-corrected chi connectivity index (χ4v) is 3.76. The maximum absolute atomic E-state index is 13.5. The van der Waals surface area contributed by atoms with Gasteiger partial charge in [0.25, 0.3) is 5.91 Å². The van der Waals surface area contributed by atoms with Gasteiger partial charge >= 0.3 is 0 Å². The lowest BCUT2D eigenvalue weighted by Crippen LogP contribution is -2.50. The minimum Gasteiger partial charge on any atom is -0.339 e. The number of carbonyl (C=O) groups excluding carboxylic acids is 2. The van der Waals surface area contributed by atoms with E-state index in [2.05, 4.69) is 0 Å². The van der Waals surface area contributed by atoms with E-state index in [1.807, 2.05) is 77.2 Å². The Balaban J connectivity index is 1.74. The van der Waals surface area contributed by atoms with Crippen molar-refractivity contribution in [2.45, 2.75) is 13.8 Å². The molecule has 1 aliphatic heterocycles. The SMILES string of the molecule is CC(=O)N1CCN(C(=O)c2c(-c3ccccc3)nn(-c3ccccc3)c2C)CC1. The number of aromatic nitrogens is 2. The van der Waals surface area contributed by atoms with Gasteiger partial charge < -0.3 is 9.80 Å². The van der Waals surface area contributed by atoms with E-state index in [0.717, 1.165) is 16.9 Å². The molecule has 2 amide bonds. The Kier molecular flexibility index (Phi) is 5.16. The summed E-state index contributed by atoms with van der Waals surface area (Å²) in [4.78, 5) is 28.7. The third-order valence-corrected chi connectivity index (χ3v) is 5.39. The number of hydrogen-bond donors (Lipinski definition) is 0. The predicted octanol–water partition coefficient (Wildman–Crippen LogP) is 3.15. The fourth-order valence-electron chi connectivity index (χ4n) is 3.76. The molecule has 29 heavy (non-hydrogen) atoms. The molecule has 2 aromatic carbocycles. The molecule has 6 nitrogen and oxygen atoms in total. The van der Waals surface area contributed by atoms with Crippen molar-refractivity contribution >= 4 is 11.8 Å². The number of hydrogen-bond acceptors (Lipinski definition) is 3. The maximum Gasteiger partial charge on any atom is 0.258 e. The van der Waals surface area contributed by atoms with Crippen LogP contribution in [-0.4, -0.2) is 57.6 Å². The topological polar surface area (TPSA) is 58.4 Å². The number of benzene rings is 2. The standard InChI is InChI=1S/C23H24N4O2/c1-17-21(23(29)26-15-13-25(14-16-26)18(2)28)22(19-9-5-3-6-10-19)24-27(17)20-11-7-4-8-12-20/h3-12H,13-16H2,1-2H3. The van der Waals surface area contributed by atoms with Crippen LogP contribution < -0.4 is 0 Å². The van der Waals surface area contributed by atoms with Gasteiger partial charge in [0.05, 0.1) is 16.9 Å². The molecule has 0 unspecified atom stereocenters. The molecule has 0 bridgehead atoms. The zero-order chi connectivity index (χ0) is 20.4. The van der Waals surface area contributed by atoms with Crippen molar-refractivity contribution in [2.24, 2.45) is 0 Å². The highest BCUT2D eigenvalue weighted by molar-refractivity contribution is 6.01. The highest BCUT2D eigenvalue weighted by atomic mass is 16.2. The van der Waals surface area contributed by atoms with Gasteiger partial charge in [0.15, 0.2) is 0 Å². The molecule has 3 aromatic rings. The second-order valence-electron chi connectivity index (χ2n) is 7.22. The summed E-state index contributed by atoms with van der Waals surface area (Å²) in [5, 5.41) is 4.81. The molecule has 4 rings (SSSR count). The number of para-hydroxylation sites is 1. The summed E-state index contributed by atoms with van der Waals surface area (Å²) in [5.41, 5.74) is 3.95. The Labute approximate surface area is 170 Å². The van der Waals surface area contributed by atoms with Crippen LogP contribution >= 0.6 is 0 Å². The van der Waals surface area contributed by atoms with Crippen molar-refractivity contribution in [3.05, 3.63) is 71.9 Å². The van der Waals surface area contributed by atoms with Gasteiger partial charge in [-0.3, -0.25) is 9.59 Å². The van der Waals surface area contributed by atoms with Gasteiger partial charge in [-0.15, -0.1) is 0 Å². The molecule has 6 heteroatoms. The zero-order valence-electron chi connectivity index (χ0n) is 16.7. The smallest absolute Gasteiger partial charge is 0.258 e. The molecular weight excluding hydrogens is 364 g/mol. The molecule has 1 aliphatic rings.